The molecule has 0 amide bonds. The van der Waals surface area contributed by atoms with Gasteiger partial charge in [-0.2, -0.15) is 5.10 Å². The van der Waals surface area contributed by atoms with Crippen molar-refractivity contribution < 1.29 is 19.4 Å². The van der Waals surface area contributed by atoms with Crippen molar-refractivity contribution in [3.63, 3.8) is 0 Å². The van der Waals surface area contributed by atoms with E-state index in [-0.39, 0.29) is 12.2 Å². The van der Waals surface area contributed by atoms with Crippen molar-refractivity contribution in [3.05, 3.63) is 77.1 Å². The molecule has 1 heterocycles. The molecule has 6 heteroatoms. The lowest BCUT2D eigenvalue weighted by atomic mass is 9.90. The van der Waals surface area contributed by atoms with E-state index in [1.807, 2.05) is 12.1 Å². The van der Waals surface area contributed by atoms with Crippen LogP contribution in [-0.2, 0) is 6.61 Å². The normalized spacial score (nSPS) is 12.0. The molecule has 0 spiro atoms. The molecule has 1 aliphatic heterocycles. The lowest BCUT2D eigenvalue weighted by Gasteiger charge is -2.17. The predicted molar refractivity (Wildman–Crippen MR) is 101 cm³/mol. The third kappa shape index (κ3) is 2.82. The van der Waals surface area contributed by atoms with Crippen LogP contribution in [0.2, 0.25) is 0 Å². The first kappa shape index (κ1) is 16.8. The SMILES string of the molecule is NN=c1ccc2c(-c3ccccc3C(=O)O)c3ccc(CO)cc3oc-2c1. The molecular formula is C21H16N2O4. The molecule has 1 aliphatic carbocycles. The maximum absolute atomic E-state index is 11.8. The molecule has 6 nitrogen and oxygen atoms in total. The first-order valence-corrected chi connectivity index (χ1v) is 8.29. The van der Waals surface area contributed by atoms with Gasteiger partial charge in [0.15, 0.2) is 0 Å². The first-order chi connectivity index (χ1) is 13.1. The van der Waals surface area contributed by atoms with Crippen LogP contribution in [0.25, 0.3) is 33.4 Å². The highest BCUT2D eigenvalue weighted by Crippen LogP contribution is 2.41. The second-order valence-corrected chi connectivity index (χ2v) is 6.13. The van der Waals surface area contributed by atoms with E-state index < -0.39 is 5.97 Å². The molecule has 4 rings (SSSR count). The summed E-state index contributed by atoms with van der Waals surface area (Å²) in [6.07, 6.45) is 0. The fourth-order valence-corrected chi connectivity index (χ4v) is 3.28. The molecule has 2 aromatic carbocycles. The molecule has 4 N–H and O–H groups in total. The summed E-state index contributed by atoms with van der Waals surface area (Å²) in [5.41, 5.74) is 3.52. The number of aliphatic hydroxyl groups excluding tert-OH is 1. The average molecular weight is 360 g/mol. The molecule has 0 saturated carbocycles. The molecule has 0 saturated heterocycles. The monoisotopic (exact) mass is 360 g/mol. The summed E-state index contributed by atoms with van der Waals surface area (Å²) in [6, 6.07) is 17.5. The Bertz CT molecular complexity index is 1210. The number of aromatic carboxylic acids is 1. The number of carbonyl (C=O) groups is 1. The number of fused-ring (bicyclic) bond motifs is 2. The zero-order chi connectivity index (χ0) is 19.0. The van der Waals surface area contributed by atoms with Crippen molar-refractivity contribution >= 4 is 16.9 Å². The summed E-state index contributed by atoms with van der Waals surface area (Å²) in [5, 5.41) is 24.1. The lowest BCUT2D eigenvalue weighted by Crippen LogP contribution is -2.06. The van der Waals surface area contributed by atoms with E-state index in [1.54, 1.807) is 48.5 Å². The van der Waals surface area contributed by atoms with Crippen LogP contribution in [-0.4, -0.2) is 16.2 Å². The number of rotatable bonds is 3. The third-order valence-electron chi connectivity index (χ3n) is 4.53. The van der Waals surface area contributed by atoms with E-state index >= 15 is 0 Å². The summed E-state index contributed by atoms with van der Waals surface area (Å²) in [4.78, 5) is 11.8. The van der Waals surface area contributed by atoms with Gasteiger partial charge in [0.25, 0.3) is 0 Å². The topological polar surface area (TPSA) is 109 Å². The zero-order valence-corrected chi connectivity index (χ0v) is 14.2. The van der Waals surface area contributed by atoms with Crippen LogP contribution < -0.4 is 11.2 Å². The van der Waals surface area contributed by atoms with Crippen LogP contribution >= 0.6 is 0 Å². The summed E-state index contributed by atoms with van der Waals surface area (Å²) in [6.45, 7) is -0.122. The van der Waals surface area contributed by atoms with Gasteiger partial charge in [-0.3, -0.25) is 0 Å². The third-order valence-corrected chi connectivity index (χ3v) is 4.53. The Morgan fingerprint density at radius 3 is 2.59 bits per heavy atom. The molecule has 2 aliphatic rings. The van der Waals surface area contributed by atoms with Gasteiger partial charge in [-0.15, -0.1) is 0 Å². The number of carboxylic acids is 1. The van der Waals surface area contributed by atoms with Gasteiger partial charge in [0.2, 0.25) is 0 Å². The standard InChI is InChI=1S/C21H16N2O4/c22-23-13-6-8-17-19(10-13)27-18-9-12(11-24)5-7-16(18)20(17)14-3-1-2-4-15(14)21(25)26/h1-10,24H,11,22H2,(H,25,26). The van der Waals surface area contributed by atoms with E-state index in [1.165, 1.54) is 0 Å². The minimum absolute atomic E-state index is 0.122. The minimum atomic E-state index is -1.01. The Kier molecular flexibility index (Phi) is 4.10. The van der Waals surface area contributed by atoms with Gasteiger partial charge >= 0.3 is 5.97 Å². The molecule has 0 atom stereocenters. The van der Waals surface area contributed by atoms with E-state index in [9.17, 15) is 15.0 Å². The van der Waals surface area contributed by atoms with Crippen LogP contribution in [0.15, 0.2) is 70.2 Å². The van der Waals surface area contributed by atoms with E-state index in [4.69, 9.17) is 10.3 Å². The first-order valence-electron chi connectivity index (χ1n) is 8.29. The second kappa shape index (κ2) is 6.59. The van der Waals surface area contributed by atoms with E-state index in [0.29, 0.717) is 27.8 Å². The van der Waals surface area contributed by atoms with Crippen molar-refractivity contribution in [2.45, 2.75) is 6.61 Å². The maximum atomic E-state index is 11.8. The Labute approximate surface area is 154 Å². The van der Waals surface area contributed by atoms with Crippen LogP contribution in [0.3, 0.4) is 0 Å². The van der Waals surface area contributed by atoms with E-state index in [2.05, 4.69) is 5.10 Å². The van der Waals surface area contributed by atoms with Crippen LogP contribution in [0, 0.1) is 0 Å². The summed E-state index contributed by atoms with van der Waals surface area (Å²) >= 11 is 0. The number of benzene rings is 3. The smallest absolute Gasteiger partial charge is 0.336 e. The van der Waals surface area contributed by atoms with Gasteiger partial charge in [0, 0.05) is 22.6 Å². The van der Waals surface area contributed by atoms with Gasteiger partial charge < -0.3 is 20.5 Å². The van der Waals surface area contributed by atoms with Crippen LogP contribution in [0.1, 0.15) is 15.9 Å². The quantitative estimate of drug-likeness (QED) is 0.295. The van der Waals surface area contributed by atoms with Crippen molar-refractivity contribution in [1.29, 1.82) is 0 Å². The lowest BCUT2D eigenvalue weighted by molar-refractivity contribution is 0.0697. The molecule has 0 radical (unpaired) electrons. The Balaban J connectivity index is 2.19. The van der Waals surface area contributed by atoms with Crippen molar-refractivity contribution in [2.75, 3.05) is 0 Å². The van der Waals surface area contributed by atoms with E-state index in [0.717, 1.165) is 16.5 Å². The maximum Gasteiger partial charge on any atom is 0.336 e. The molecule has 0 unspecified atom stereocenters. The van der Waals surface area contributed by atoms with Crippen LogP contribution in [0.4, 0.5) is 0 Å². The predicted octanol–water partition coefficient (Wildman–Crippen LogP) is 3.17. The Hall–Kier alpha value is -3.64. The molecule has 0 aromatic heterocycles. The van der Waals surface area contributed by atoms with Gasteiger partial charge in [-0.05, 0) is 35.4 Å². The fourth-order valence-electron chi connectivity index (χ4n) is 3.28. The zero-order valence-electron chi connectivity index (χ0n) is 14.2. The molecular weight excluding hydrogens is 344 g/mol. The summed E-state index contributed by atoms with van der Waals surface area (Å²) in [5.74, 6) is 4.91. The van der Waals surface area contributed by atoms with Gasteiger partial charge in [-0.1, -0.05) is 30.3 Å². The molecule has 134 valence electrons. The highest BCUT2D eigenvalue weighted by atomic mass is 16.4. The summed E-state index contributed by atoms with van der Waals surface area (Å²) < 4.78 is 6.02. The van der Waals surface area contributed by atoms with Crippen molar-refractivity contribution in [3.8, 4) is 22.5 Å². The molecule has 2 aromatic rings. The largest absolute Gasteiger partial charge is 0.478 e. The highest BCUT2D eigenvalue weighted by Gasteiger charge is 2.21. The summed E-state index contributed by atoms with van der Waals surface area (Å²) in [7, 11) is 0. The second-order valence-electron chi connectivity index (χ2n) is 6.13. The average Bonchev–Trinajstić information content (AvgIpc) is 2.71. The number of carboxylic acid groups (broad SMARTS) is 1. The van der Waals surface area contributed by atoms with Gasteiger partial charge in [-0.25, -0.2) is 4.79 Å². The number of aliphatic hydroxyl groups is 1. The van der Waals surface area contributed by atoms with Crippen LogP contribution in [0.5, 0.6) is 0 Å². The minimum Gasteiger partial charge on any atom is -0.478 e. The van der Waals surface area contributed by atoms with Crippen molar-refractivity contribution in [1.82, 2.24) is 0 Å². The molecule has 27 heavy (non-hydrogen) atoms. The van der Waals surface area contributed by atoms with Gasteiger partial charge in [0.05, 0.1) is 17.5 Å². The number of hydrogen-bond acceptors (Lipinski definition) is 5. The highest BCUT2D eigenvalue weighted by molar-refractivity contribution is 6.07. The van der Waals surface area contributed by atoms with Crippen molar-refractivity contribution in [2.24, 2.45) is 10.9 Å². The number of hydrogen-bond donors (Lipinski definition) is 3. The fraction of sp³-hybridized carbons (Fsp3) is 0.0476. The number of nitrogens with zero attached hydrogens (tertiary/aromatic N) is 1. The molecule has 0 fully saturated rings. The number of nitrogens with two attached hydrogens (primary N) is 1. The Morgan fingerprint density at radius 2 is 1.85 bits per heavy atom. The molecule has 0 bridgehead atoms. The van der Waals surface area contributed by atoms with Gasteiger partial charge in [0.1, 0.15) is 11.3 Å². The Morgan fingerprint density at radius 1 is 1.04 bits per heavy atom.